The summed E-state index contributed by atoms with van der Waals surface area (Å²) in [7, 11) is 0. The Hall–Kier alpha value is -2.89. The van der Waals surface area contributed by atoms with Crippen molar-refractivity contribution < 1.29 is 37.2 Å². The van der Waals surface area contributed by atoms with E-state index in [1.165, 1.54) is 26.0 Å². The number of nitrogens with one attached hydrogen (secondary N) is 1. The number of nitro benzene ring substituents is 1. The monoisotopic (exact) mass is 562 g/mol. The number of nitro groups is 1. The summed E-state index contributed by atoms with van der Waals surface area (Å²) in [6.07, 6.45) is -1.80. The fraction of sp³-hybridized carbons (Fsp3) is 0.478. The van der Waals surface area contributed by atoms with Crippen LogP contribution in [0.3, 0.4) is 0 Å². The molecule has 0 saturated carbocycles. The standard InChI is InChI=1S/C23H26BrF3N2O6/c1-3-34-22(31)19-18(15-9-8-10-16(13-15)29(32)33)17(14(2)28-20(19)23(25,26)27)21(30)35-12-7-5-4-6-11-24/h8-10,13,18,28H,3-7,11-12H2,1-2H3. The molecule has 1 aromatic carbocycles. The summed E-state index contributed by atoms with van der Waals surface area (Å²) in [4.78, 5) is 36.4. The van der Waals surface area contributed by atoms with Crippen LogP contribution in [-0.4, -0.2) is 41.6 Å². The van der Waals surface area contributed by atoms with Gasteiger partial charge in [0, 0.05) is 23.2 Å². The lowest BCUT2D eigenvalue weighted by atomic mass is 9.80. The fourth-order valence-corrected chi connectivity index (χ4v) is 4.09. The number of hydrogen-bond acceptors (Lipinski definition) is 7. The number of nitrogens with zero attached hydrogens (tertiary/aromatic N) is 1. The van der Waals surface area contributed by atoms with Crippen molar-refractivity contribution in [2.24, 2.45) is 0 Å². The normalized spacial score (nSPS) is 16.1. The van der Waals surface area contributed by atoms with Gasteiger partial charge in [0.25, 0.3) is 5.69 Å². The van der Waals surface area contributed by atoms with Gasteiger partial charge >= 0.3 is 18.1 Å². The number of rotatable bonds is 11. The quantitative estimate of drug-likeness (QED) is 0.126. The lowest BCUT2D eigenvalue weighted by molar-refractivity contribution is -0.384. The van der Waals surface area contributed by atoms with E-state index in [2.05, 4.69) is 21.2 Å². The van der Waals surface area contributed by atoms with E-state index in [9.17, 15) is 32.9 Å². The van der Waals surface area contributed by atoms with E-state index in [0.717, 1.165) is 36.7 Å². The van der Waals surface area contributed by atoms with Gasteiger partial charge in [-0.3, -0.25) is 10.1 Å². The summed E-state index contributed by atoms with van der Waals surface area (Å²) < 4.78 is 52.1. The number of halogens is 4. The Kier molecular flexibility index (Phi) is 10.3. The Balaban J connectivity index is 2.57. The predicted octanol–water partition coefficient (Wildman–Crippen LogP) is 5.43. The second kappa shape index (κ2) is 12.7. The second-order valence-corrected chi connectivity index (χ2v) is 8.49. The number of carbonyl (C=O) groups excluding carboxylic acids is 2. The largest absolute Gasteiger partial charge is 0.463 e. The number of non-ortho nitro benzene ring substituents is 1. The highest BCUT2D eigenvalue weighted by Gasteiger charge is 2.47. The minimum Gasteiger partial charge on any atom is -0.463 e. The molecule has 0 amide bonds. The Morgan fingerprint density at radius 1 is 1.11 bits per heavy atom. The van der Waals surface area contributed by atoms with Crippen molar-refractivity contribution in [3.63, 3.8) is 0 Å². The third-order valence-corrected chi connectivity index (χ3v) is 5.80. The Morgan fingerprint density at radius 3 is 2.37 bits per heavy atom. The maximum atomic E-state index is 14.0. The van der Waals surface area contributed by atoms with Crippen molar-refractivity contribution in [3.8, 4) is 0 Å². The predicted molar refractivity (Wildman–Crippen MR) is 125 cm³/mol. The molecule has 0 fully saturated rings. The third-order valence-electron chi connectivity index (χ3n) is 5.24. The molecule has 2 rings (SSSR count). The van der Waals surface area contributed by atoms with Crippen LogP contribution in [0.15, 0.2) is 46.8 Å². The molecule has 0 saturated heterocycles. The third kappa shape index (κ3) is 7.30. The zero-order chi connectivity index (χ0) is 26.2. The van der Waals surface area contributed by atoms with Crippen LogP contribution in [0.5, 0.6) is 0 Å². The van der Waals surface area contributed by atoms with E-state index in [0.29, 0.717) is 6.42 Å². The van der Waals surface area contributed by atoms with Crippen LogP contribution in [-0.2, 0) is 19.1 Å². The molecule has 1 aliphatic rings. The summed E-state index contributed by atoms with van der Waals surface area (Å²) in [5, 5.41) is 14.3. The Bertz CT molecular complexity index is 1020. The van der Waals surface area contributed by atoms with Crippen LogP contribution in [0.4, 0.5) is 18.9 Å². The smallest absolute Gasteiger partial charge is 0.431 e. The molecule has 1 aliphatic heterocycles. The molecule has 12 heteroatoms. The summed E-state index contributed by atoms with van der Waals surface area (Å²) in [6.45, 7) is 2.50. The number of carbonyl (C=O) groups is 2. The van der Waals surface area contributed by atoms with Gasteiger partial charge in [-0.2, -0.15) is 13.2 Å². The number of unbranched alkanes of at least 4 members (excludes halogenated alkanes) is 3. The summed E-state index contributed by atoms with van der Waals surface area (Å²) in [6, 6.07) is 4.78. The maximum absolute atomic E-state index is 14.0. The molecule has 1 heterocycles. The van der Waals surface area contributed by atoms with Crippen molar-refractivity contribution in [3.05, 3.63) is 62.5 Å². The zero-order valence-corrected chi connectivity index (χ0v) is 20.8. The van der Waals surface area contributed by atoms with Crippen molar-refractivity contribution in [1.82, 2.24) is 5.32 Å². The average molecular weight is 563 g/mol. The second-order valence-electron chi connectivity index (χ2n) is 7.69. The number of allylic oxidation sites excluding steroid dienone is 2. The molecule has 1 unspecified atom stereocenters. The van der Waals surface area contributed by atoms with E-state index in [1.54, 1.807) is 0 Å². The first-order valence-electron chi connectivity index (χ1n) is 11.0. The van der Waals surface area contributed by atoms with E-state index in [-0.39, 0.29) is 30.0 Å². The molecule has 35 heavy (non-hydrogen) atoms. The van der Waals surface area contributed by atoms with Gasteiger partial charge < -0.3 is 14.8 Å². The SMILES string of the molecule is CCOC(=O)C1=C(C(F)(F)F)NC(C)=C(C(=O)OCCCCCCBr)C1c1cccc([N+](=O)[O-])c1. The van der Waals surface area contributed by atoms with Crippen LogP contribution in [0.1, 0.15) is 51.0 Å². The van der Waals surface area contributed by atoms with Gasteiger partial charge in [-0.05, 0) is 32.3 Å². The molecule has 0 aliphatic carbocycles. The highest BCUT2D eigenvalue weighted by Crippen LogP contribution is 2.44. The summed E-state index contributed by atoms with van der Waals surface area (Å²) in [5.41, 5.74) is -3.14. The van der Waals surface area contributed by atoms with Gasteiger partial charge in [0.15, 0.2) is 0 Å². The molecule has 0 aromatic heterocycles. The van der Waals surface area contributed by atoms with Crippen molar-refractivity contribution in [1.29, 1.82) is 0 Å². The summed E-state index contributed by atoms with van der Waals surface area (Å²) >= 11 is 3.33. The highest BCUT2D eigenvalue weighted by atomic mass is 79.9. The Morgan fingerprint density at radius 2 is 1.77 bits per heavy atom. The number of dihydropyridines is 1. The molecule has 0 bridgehead atoms. The number of alkyl halides is 4. The van der Waals surface area contributed by atoms with E-state index in [4.69, 9.17) is 9.47 Å². The first kappa shape index (κ1) is 28.3. The van der Waals surface area contributed by atoms with Crippen molar-refractivity contribution in [2.75, 3.05) is 18.5 Å². The maximum Gasteiger partial charge on any atom is 0.431 e. The minimum atomic E-state index is -4.99. The molecule has 192 valence electrons. The number of ether oxygens (including phenoxy) is 2. The molecular weight excluding hydrogens is 537 g/mol. The van der Waals surface area contributed by atoms with Gasteiger partial charge in [-0.1, -0.05) is 40.9 Å². The minimum absolute atomic E-state index is 0.0319. The first-order chi connectivity index (χ1) is 16.5. The van der Waals surface area contributed by atoms with E-state index >= 15 is 0 Å². The highest BCUT2D eigenvalue weighted by molar-refractivity contribution is 9.09. The topological polar surface area (TPSA) is 108 Å². The van der Waals surface area contributed by atoms with Crippen LogP contribution in [0.2, 0.25) is 0 Å². The lowest BCUT2D eigenvalue weighted by Crippen LogP contribution is -2.38. The van der Waals surface area contributed by atoms with Gasteiger partial charge in [0.2, 0.25) is 0 Å². The van der Waals surface area contributed by atoms with Crippen LogP contribution < -0.4 is 5.32 Å². The van der Waals surface area contributed by atoms with Gasteiger partial charge in [0.1, 0.15) is 5.70 Å². The Labute approximate surface area is 208 Å². The average Bonchev–Trinajstić information content (AvgIpc) is 2.80. The van der Waals surface area contributed by atoms with Crippen LogP contribution in [0, 0.1) is 10.1 Å². The van der Waals surface area contributed by atoms with Gasteiger partial charge in [-0.15, -0.1) is 0 Å². The van der Waals surface area contributed by atoms with Crippen molar-refractivity contribution >= 4 is 33.6 Å². The van der Waals surface area contributed by atoms with E-state index in [1.807, 2.05) is 0 Å². The number of esters is 2. The molecule has 1 N–H and O–H groups in total. The number of hydrogen-bond donors (Lipinski definition) is 1. The zero-order valence-electron chi connectivity index (χ0n) is 19.2. The summed E-state index contributed by atoms with van der Waals surface area (Å²) in [5.74, 6) is -3.81. The fourth-order valence-electron chi connectivity index (χ4n) is 3.69. The number of benzene rings is 1. The molecule has 0 spiro atoms. The van der Waals surface area contributed by atoms with Crippen LogP contribution in [0.25, 0.3) is 0 Å². The van der Waals surface area contributed by atoms with Crippen LogP contribution >= 0.6 is 15.9 Å². The van der Waals surface area contributed by atoms with Gasteiger partial charge in [0.05, 0.1) is 35.2 Å². The molecule has 8 nitrogen and oxygen atoms in total. The lowest BCUT2D eigenvalue weighted by Gasteiger charge is -2.32. The molecule has 1 atom stereocenters. The first-order valence-corrected chi connectivity index (χ1v) is 12.1. The van der Waals surface area contributed by atoms with Gasteiger partial charge in [-0.25, -0.2) is 9.59 Å². The van der Waals surface area contributed by atoms with Crippen molar-refractivity contribution in [2.45, 2.75) is 51.6 Å². The molecule has 0 radical (unpaired) electrons. The molecule has 1 aromatic rings. The van der Waals surface area contributed by atoms with E-state index < -0.39 is 45.9 Å². The molecular formula is C23H26BrF3N2O6.